The topological polar surface area (TPSA) is 63.6 Å². The standard InChI is InChI=1S/C20H18N4OS/c1-13-8-10-16(11-9-13)24-18-17(12-21-24)19(25)23-20(22-18)26-14(2)15-6-4-3-5-7-15/h3-12,14H,1-2H3,(H,22,23,25)/t14-/m1/s1. The monoisotopic (exact) mass is 362 g/mol. The van der Waals surface area contributed by atoms with Crippen molar-refractivity contribution in [3.05, 3.63) is 82.3 Å². The number of thioether (sulfide) groups is 1. The van der Waals surface area contributed by atoms with Gasteiger partial charge in [0.2, 0.25) is 0 Å². The molecule has 0 amide bonds. The lowest BCUT2D eigenvalue weighted by atomic mass is 10.2. The SMILES string of the molecule is Cc1ccc(-n2ncc3c(=O)[nH]c(S[C@H](C)c4ccccc4)nc32)cc1. The Morgan fingerprint density at radius 1 is 1.08 bits per heavy atom. The quantitative estimate of drug-likeness (QED) is 0.435. The molecule has 0 saturated heterocycles. The van der Waals surface area contributed by atoms with E-state index in [-0.39, 0.29) is 10.8 Å². The number of hydrogen-bond acceptors (Lipinski definition) is 4. The van der Waals surface area contributed by atoms with Crippen molar-refractivity contribution in [2.75, 3.05) is 0 Å². The number of aromatic amines is 1. The van der Waals surface area contributed by atoms with Crippen LogP contribution in [0, 0.1) is 6.92 Å². The molecule has 0 spiro atoms. The van der Waals surface area contributed by atoms with E-state index in [0.717, 1.165) is 5.69 Å². The van der Waals surface area contributed by atoms with Crippen LogP contribution in [0.2, 0.25) is 0 Å². The van der Waals surface area contributed by atoms with Crippen LogP contribution in [-0.2, 0) is 0 Å². The van der Waals surface area contributed by atoms with Gasteiger partial charge in [-0.1, -0.05) is 59.8 Å². The van der Waals surface area contributed by atoms with Gasteiger partial charge in [-0.25, -0.2) is 9.67 Å². The van der Waals surface area contributed by atoms with Gasteiger partial charge in [-0.15, -0.1) is 0 Å². The minimum Gasteiger partial charge on any atom is -0.301 e. The molecule has 2 aromatic heterocycles. The number of nitrogens with zero attached hydrogens (tertiary/aromatic N) is 3. The van der Waals surface area contributed by atoms with E-state index in [9.17, 15) is 4.79 Å². The molecule has 1 N–H and O–H groups in total. The van der Waals surface area contributed by atoms with Gasteiger partial charge in [-0.2, -0.15) is 5.10 Å². The lowest BCUT2D eigenvalue weighted by molar-refractivity contribution is 0.870. The fraction of sp³-hybridized carbons (Fsp3) is 0.150. The molecule has 2 aromatic carbocycles. The average Bonchev–Trinajstić information content (AvgIpc) is 3.07. The third kappa shape index (κ3) is 3.15. The van der Waals surface area contributed by atoms with Gasteiger partial charge in [-0.3, -0.25) is 4.79 Å². The molecule has 0 unspecified atom stereocenters. The molecule has 2 heterocycles. The summed E-state index contributed by atoms with van der Waals surface area (Å²) in [5.74, 6) is 0. The summed E-state index contributed by atoms with van der Waals surface area (Å²) in [5.41, 5.74) is 3.64. The van der Waals surface area contributed by atoms with Gasteiger partial charge >= 0.3 is 0 Å². The number of fused-ring (bicyclic) bond motifs is 1. The molecule has 0 saturated carbocycles. The summed E-state index contributed by atoms with van der Waals surface area (Å²) < 4.78 is 1.71. The number of benzene rings is 2. The van der Waals surface area contributed by atoms with Crippen LogP contribution in [0.3, 0.4) is 0 Å². The van der Waals surface area contributed by atoms with Gasteiger partial charge in [0.15, 0.2) is 10.8 Å². The molecule has 5 nitrogen and oxygen atoms in total. The van der Waals surface area contributed by atoms with E-state index in [1.54, 1.807) is 10.9 Å². The molecule has 6 heteroatoms. The van der Waals surface area contributed by atoms with Crippen LogP contribution in [0.25, 0.3) is 16.7 Å². The Balaban J connectivity index is 1.74. The molecular formula is C20H18N4OS. The smallest absolute Gasteiger partial charge is 0.262 e. The summed E-state index contributed by atoms with van der Waals surface area (Å²) >= 11 is 1.53. The molecule has 26 heavy (non-hydrogen) atoms. The summed E-state index contributed by atoms with van der Waals surface area (Å²) in [6, 6.07) is 18.2. The van der Waals surface area contributed by atoms with E-state index in [4.69, 9.17) is 0 Å². The van der Waals surface area contributed by atoms with Gasteiger partial charge in [0.1, 0.15) is 5.39 Å². The molecule has 0 aliphatic rings. The number of aromatic nitrogens is 4. The van der Waals surface area contributed by atoms with Crippen molar-refractivity contribution < 1.29 is 0 Å². The summed E-state index contributed by atoms with van der Waals surface area (Å²) in [6.07, 6.45) is 1.57. The van der Waals surface area contributed by atoms with Crippen molar-refractivity contribution >= 4 is 22.8 Å². The van der Waals surface area contributed by atoms with Crippen LogP contribution in [-0.4, -0.2) is 19.7 Å². The highest BCUT2D eigenvalue weighted by Gasteiger charge is 2.14. The summed E-state index contributed by atoms with van der Waals surface area (Å²) in [6.45, 7) is 4.13. The first-order valence-electron chi connectivity index (χ1n) is 8.38. The summed E-state index contributed by atoms with van der Waals surface area (Å²) in [7, 11) is 0. The Morgan fingerprint density at radius 3 is 2.54 bits per heavy atom. The Morgan fingerprint density at radius 2 is 1.81 bits per heavy atom. The number of aryl methyl sites for hydroxylation is 1. The normalized spacial score (nSPS) is 12.4. The van der Waals surface area contributed by atoms with E-state index < -0.39 is 0 Å². The van der Waals surface area contributed by atoms with Crippen molar-refractivity contribution in [1.29, 1.82) is 0 Å². The zero-order chi connectivity index (χ0) is 18.1. The summed E-state index contributed by atoms with van der Waals surface area (Å²) in [4.78, 5) is 20.0. The Labute approximate surface area is 155 Å². The Kier molecular flexibility index (Phi) is 4.34. The highest BCUT2D eigenvalue weighted by atomic mass is 32.2. The Hall–Kier alpha value is -2.86. The van der Waals surface area contributed by atoms with Crippen molar-refractivity contribution in [3.8, 4) is 5.69 Å². The maximum absolute atomic E-state index is 12.5. The minimum atomic E-state index is -0.170. The fourth-order valence-corrected chi connectivity index (χ4v) is 3.71. The van der Waals surface area contributed by atoms with E-state index in [0.29, 0.717) is 16.2 Å². The van der Waals surface area contributed by atoms with Crippen LogP contribution < -0.4 is 5.56 Å². The van der Waals surface area contributed by atoms with Gasteiger partial charge < -0.3 is 4.98 Å². The number of hydrogen-bond donors (Lipinski definition) is 1. The molecule has 0 aliphatic carbocycles. The van der Waals surface area contributed by atoms with E-state index in [1.807, 2.05) is 49.4 Å². The average molecular weight is 362 g/mol. The van der Waals surface area contributed by atoms with Gasteiger partial charge in [-0.05, 0) is 31.5 Å². The number of nitrogens with one attached hydrogen (secondary N) is 1. The molecule has 130 valence electrons. The lowest BCUT2D eigenvalue weighted by Gasteiger charge is -2.11. The van der Waals surface area contributed by atoms with Crippen LogP contribution in [0.15, 0.2) is 70.7 Å². The molecule has 0 radical (unpaired) electrons. The second kappa shape index (κ2) is 6.80. The molecule has 0 aliphatic heterocycles. The van der Waals surface area contributed by atoms with Crippen molar-refractivity contribution in [2.24, 2.45) is 0 Å². The fourth-order valence-electron chi connectivity index (χ4n) is 2.79. The lowest BCUT2D eigenvalue weighted by Crippen LogP contribution is -2.10. The molecule has 0 bridgehead atoms. The highest BCUT2D eigenvalue weighted by molar-refractivity contribution is 7.99. The first-order valence-corrected chi connectivity index (χ1v) is 9.26. The van der Waals surface area contributed by atoms with E-state index >= 15 is 0 Å². The molecule has 1 atom stereocenters. The second-order valence-corrected chi connectivity index (χ2v) is 7.50. The minimum absolute atomic E-state index is 0.170. The molecular weight excluding hydrogens is 344 g/mol. The van der Waals surface area contributed by atoms with Crippen molar-refractivity contribution in [2.45, 2.75) is 24.3 Å². The second-order valence-electron chi connectivity index (χ2n) is 6.17. The van der Waals surface area contributed by atoms with Crippen molar-refractivity contribution in [1.82, 2.24) is 19.7 Å². The number of rotatable bonds is 4. The Bertz CT molecular complexity index is 1100. The molecule has 4 aromatic rings. The molecule has 0 fully saturated rings. The third-order valence-corrected chi connectivity index (χ3v) is 5.29. The largest absolute Gasteiger partial charge is 0.301 e. The highest BCUT2D eigenvalue weighted by Crippen LogP contribution is 2.32. The van der Waals surface area contributed by atoms with Gasteiger partial charge in [0.25, 0.3) is 5.56 Å². The third-order valence-electron chi connectivity index (χ3n) is 4.25. The van der Waals surface area contributed by atoms with Crippen LogP contribution in [0.5, 0.6) is 0 Å². The van der Waals surface area contributed by atoms with E-state index in [1.165, 1.54) is 22.9 Å². The van der Waals surface area contributed by atoms with E-state index in [2.05, 4.69) is 34.1 Å². The zero-order valence-electron chi connectivity index (χ0n) is 14.5. The van der Waals surface area contributed by atoms with Gasteiger partial charge in [0.05, 0.1) is 11.9 Å². The van der Waals surface area contributed by atoms with Crippen LogP contribution >= 0.6 is 11.8 Å². The first kappa shape index (κ1) is 16.6. The van der Waals surface area contributed by atoms with Crippen LogP contribution in [0.4, 0.5) is 0 Å². The maximum Gasteiger partial charge on any atom is 0.262 e. The maximum atomic E-state index is 12.5. The van der Waals surface area contributed by atoms with Crippen molar-refractivity contribution in [3.63, 3.8) is 0 Å². The van der Waals surface area contributed by atoms with Gasteiger partial charge in [0, 0.05) is 5.25 Å². The summed E-state index contributed by atoms with van der Waals surface area (Å²) in [5, 5.41) is 5.61. The van der Waals surface area contributed by atoms with Crippen LogP contribution in [0.1, 0.15) is 23.3 Å². The zero-order valence-corrected chi connectivity index (χ0v) is 15.3. The molecule has 4 rings (SSSR count). The first-order chi connectivity index (χ1) is 12.6. The predicted octanol–water partition coefficient (Wildman–Crippen LogP) is 4.27. The predicted molar refractivity (Wildman–Crippen MR) is 105 cm³/mol. The number of H-pyrrole nitrogens is 1.